The molecule has 2 N–H and O–H groups in total. The summed E-state index contributed by atoms with van der Waals surface area (Å²) in [6, 6.07) is 13.8. The predicted molar refractivity (Wildman–Crippen MR) is 107 cm³/mol. The number of hydrogen-bond acceptors (Lipinski definition) is 2. The lowest BCUT2D eigenvalue weighted by Gasteiger charge is -2.14. The molecule has 0 aliphatic heterocycles. The standard InChI is InChI=1S/C20H15BrClFN2O2/c21-14-7-6-13(17(23)9-14)8-15-16(19(24)26)11-25(20(27)18(15)22)10-12-4-2-1-3-5-12/h1-7,9,11H,8,10H2,(H2,24,26). The van der Waals surface area contributed by atoms with Gasteiger partial charge in [-0.2, -0.15) is 0 Å². The highest BCUT2D eigenvalue weighted by Gasteiger charge is 2.19. The number of hydrogen-bond donors (Lipinski definition) is 1. The second-order valence-corrected chi connectivity index (χ2v) is 7.32. The summed E-state index contributed by atoms with van der Waals surface area (Å²) in [7, 11) is 0. The number of carbonyl (C=O) groups excluding carboxylic acids is 1. The van der Waals surface area contributed by atoms with Crippen molar-refractivity contribution in [3.63, 3.8) is 0 Å². The van der Waals surface area contributed by atoms with Crippen molar-refractivity contribution in [2.24, 2.45) is 5.73 Å². The zero-order valence-corrected chi connectivity index (χ0v) is 16.4. The van der Waals surface area contributed by atoms with E-state index in [1.54, 1.807) is 12.1 Å². The van der Waals surface area contributed by atoms with Crippen LogP contribution in [0.25, 0.3) is 0 Å². The van der Waals surface area contributed by atoms with Crippen LogP contribution in [0.1, 0.15) is 27.0 Å². The Morgan fingerprint density at radius 3 is 2.52 bits per heavy atom. The number of benzene rings is 2. The molecule has 1 aromatic heterocycles. The van der Waals surface area contributed by atoms with E-state index in [0.29, 0.717) is 10.0 Å². The summed E-state index contributed by atoms with van der Waals surface area (Å²) >= 11 is 9.47. The van der Waals surface area contributed by atoms with Gasteiger partial charge in [-0.1, -0.05) is 63.9 Å². The largest absolute Gasteiger partial charge is 0.366 e. The van der Waals surface area contributed by atoms with E-state index in [1.807, 2.05) is 30.3 Å². The van der Waals surface area contributed by atoms with Gasteiger partial charge in [0.25, 0.3) is 11.5 Å². The van der Waals surface area contributed by atoms with Crippen molar-refractivity contribution in [3.05, 3.63) is 103 Å². The van der Waals surface area contributed by atoms with E-state index >= 15 is 0 Å². The molecule has 0 unspecified atom stereocenters. The third-order valence-corrected chi connectivity index (χ3v) is 5.05. The zero-order chi connectivity index (χ0) is 19.6. The van der Waals surface area contributed by atoms with Crippen LogP contribution in [0, 0.1) is 5.82 Å². The second kappa shape index (κ2) is 8.06. The van der Waals surface area contributed by atoms with Crippen LogP contribution in [0.2, 0.25) is 5.02 Å². The summed E-state index contributed by atoms with van der Waals surface area (Å²) in [5, 5.41) is -0.135. The molecule has 1 amide bonds. The molecule has 0 fully saturated rings. The molecule has 0 saturated heterocycles. The van der Waals surface area contributed by atoms with Gasteiger partial charge in [0.05, 0.1) is 12.1 Å². The number of halogens is 3. The number of nitrogens with two attached hydrogens (primary N) is 1. The maximum Gasteiger partial charge on any atom is 0.269 e. The third kappa shape index (κ3) is 4.28. The first-order chi connectivity index (χ1) is 12.9. The van der Waals surface area contributed by atoms with Gasteiger partial charge in [-0.25, -0.2) is 4.39 Å². The van der Waals surface area contributed by atoms with E-state index in [1.165, 1.54) is 16.8 Å². The molecule has 7 heteroatoms. The van der Waals surface area contributed by atoms with Crippen molar-refractivity contribution in [1.29, 1.82) is 0 Å². The quantitative estimate of drug-likeness (QED) is 0.636. The number of nitrogens with zero attached hydrogens (tertiary/aromatic N) is 1. The van der Waals surface area contributed by atoms with E-state index in [4.69, 9.17) is 17.3 Å². The van der Waals surface area contributed by atoms with Crippen molar-refractivity contribution in [1.82, 2.24) is 4.57 Å². The normalized spacial score (nSPS) is 10.8. The Morgan fingerprint density at radius 2 is 1.89 bits per heavy atom. The lowest BCUT2D eigenvalue weighted by atomic mass is 10.0. The van der Waals surface area contributed by atoms with Gasteiger partial charge in [0.2, 0.25) is 0 Å². The highest BCUT2D eigenvalue weighted by Crippen LogP contribution is 2.24. The fourth-order valence-corrected chi connectivity index (χ4v) is 3.41. The first kappa shape index (κ1) is 19.3. The van der Waals surface area contributed by atoms with Gasteiger partial charge in [0.1, 0.15) is 10.8 Å². The minimum atomic E-state index is -0.730. The minimum absolute atomic E-state index is 0.0162. The number of aromatic nitrogens is 1. The van der Waals surface area contributed by atoms with Crippen LogP contribution >= 0.6 is 27.5 Å². The predicted octanol–water partition coefficient (Wildman–Crippen LogP) is 4.14. The molecule has 0 saturated carbocycles. The van der Waals surface area contributed by atoms with Crippen LogP contribution in [0.5, 0.6) is 0 Å². The average molecular weight is 450 g/mol. The molecule has 27 heavy (non-hydrogen) atoms. The van der Waals surface area contributed by atoms with Crippen LogP contribution in [-0.4, -0.2) is 10.5 Å². The summed E-state index contributed by atoms with van der Waals surface area (Å²) in [6.07, 6.45) is 1.37. The molecule has 0 aliphatic carbocycles. The fraction of sp³-hybridized carbons (Fsp3) is 0.100. The van der Waals surface area contributed by atoms with Crippen LogP contribution in [0.3, 0.4) is 0 Å². The molecule has 0 spiro atoms. The van der Waals surface area contributed by atoms with Crippen LogP contribution < -0.4 is 11.3 Å². The SMILES string of the molecule is NC(=O)c1cn(Cc2ccccc2)c(=O)c(Cl)c1Cc1ccc(Br)cc1F. The third-order valence-electron chi connectivity index (χ3n) is 4.17. The topological polar surface area (TPSA) is 65.1 Å². The molecular formula is C20H15BrClFN2O2. The summed E-state index contributed by atoms with van der Waals surface area (Å²) < 4.78 is 16.1. The molecule has 0 aliphatic rings. The smallest absolute Gasteiger partial charge is 0.269 e. The van der Waals surface area contributed by atoms with Gasteiger partial charge in [-0.3, -0.25) is 9.59 Å². The Labute approximate surface area is 168 Å². The van der Waals surface area contributed by atoms with Crippen molar-refractivity contribution in [2.75, 3.05) is 0 Å². The molecule has 3 aromatic rings. The molecule has 0 bridgehead atoms. The van der Waals surface area contributed by atoms with Gasteiger partial charge in [0, 0.05) is 17.1 Å². The van der Waals surface area contributed by atoms with Crippen molar-refractivity contribution >= 4 is 33.4 Å². The highest BCUT2D eigenvalue weighted by molar-refractivity contribution is 9.10. The van der Waals surface area contributed by atoms with Crippen LogP contribution in [0.15, 0.2) is 64.0 Å². The Bertz CT molecular complexity index is 1070. The van der Waals surface area contributed by atoms with E-state index in [0.717, 1.165) is 5.56 Å². The zero-order valence-electron chi connectivity index (χ0n) is 14.1. The number of rotatable bonds is 5. The molecule has 0 atom stereocenters. The second-order valence-electron chi connectivity index (χ2n) is 6.03. The average Bonchev–Trinajstić information content (AvgIpc) is 2.63. The molecule has 0 radical (unpaired) electrons. The summed E-state index contributed by atoms with van der Waals surface area (Å²) in [5.74, 6) is -1.20. The molecule has 4 nitrogen and oxygen atoms in total. The van der Waals surface area contributed by atoms with Crippen molar-refractivity contribution in [2.45, 2.75) is 13.0 Å². The highest BCUT2D eigenvalue weighted by atomic mass is 79.9. The van der Waals surface area contributed by atoms with E-state index in [9.17, 15) is 14.0 Å². The Balaban J connectivity index is 2.07. The van der Waals surface area contributed by atoms with Gasteiger partial charge in [0.15, 0.2) is 0 Å². The van der Waals surface area contributed by atoms with Crippen LogP contribution in [0.4, 0.5) is 4.39 Å². The van der Waals surface area contributed by atoms with Crippen molar-refractivity contribution in [3.8, 4) is 0 Å². The van der Waals surface area contributed by atoms with E-state index in [2.05, 4.69) is 15.9 Å². The van der Waals surface area contributed by atoms with Gasteiger partial charge in [-0.05, 0) is 28.8 Å². The Morgan fingerprint density at radius 1 is 1.19 bits per heavy atom. The van der Waals surface area contributed by atoms with E-state index in [-0.39, 0.29) is 29.1 Å². The van der Waals surface area contributed by atoms with Crippen molar-refractivity contribution < 1.29 is 9.18 Å². The Hall–Kier alpha value is -2.44. The number of amides is 1. The van der Waals surface area contributed by atoms with Crippen LogP contribution in [-0.2, 0) is 13.0 Å². The first-order valence-electron chi connectivity index (χ1n) is 8.06. The lowest BCUT2D eigenvalue weighted by Crippen LogP contribution is -2.27. The van der Waals surface area contributed by atoms with E-state index < -0.39 is 17.3 Å². The van der Waals surface area contributed by atoms with Gasteiger partial charge in [-0.15, -0.1) is 0 Å². The maximum absolute atomic E-state index is 14.2. The Kier molecular flexibility index (Phi) is 5.77. The number of pyridine rings is 1. The molecular weight excluding hydrogens is 435 g/mol. The summed E-state index contributed by atoms with van der Waals surface area (Å²) in [6.45, 7) is 0.243. The molecule has 2 aromatic carbocycles. The molecule has 3 rings (SSSR count). The number of primary amides is 1. The van der Waals surface area contributed by atoms with Gasteiger partial charge >= 0.3 is 0 Å². The fourth-order valence-electron chi connectivity index (χ4n) is 2.80. The molecule has 138 valence electrons. The summed E-state index contributed by atoms with van der Waals surface area (Å²) in [4.78, 5) is 24.6. The maximum atomic E-state index is 14.2. The summed E-state index contributed by atoms with van der Waals surface area (Å²) in [5.41, 5.74) is 6.54. The lowest BCUT2D eigenvalue weighted by molar-refractivity contribution is 0.0998. The molecule has 1 heterocycles. The number of carbonyl (C=O) groups is 1. The first-order valence-corrected chi connectivity index (χ1v) is 9.23. The minimum Gasteiger partial charge on any atom is -0.366 e. The van der Waals surface area contributed by atoms with Gasteiger partial charge < -0.3 is 10.3 Å². The monoisotopic (exact) mass is 448 g/mol.